The predicted octanol–water partition coefficient (Wildman–Crippen LogP) is 4.49. The third kappa shape index (κ3) is 3.00. The Labute approximate surface area is 141 Å². The van der Waals surface area contributed by atoms with E-state index in [1.807, 2.05) is 0 Å². The van der Waals surface area contributed by atoms with Crippen LogP contribution in [0.4, 0.5) is 0 Å². The second kappa shape index (κ2) is 6.22. The highest BCUT2D eigenvalue weighted by Gasteiger charge is 2.28. The first-order valence-corrected chi connectivity index (χ1v) is 9.42. The van der Waals surface area contributed by atoms with Crippen molar-refractivity contribution in [1.29, 1.82) is 0 Å². The number of piperidine rings is 2. The predicted molar refractivity (Wildman–Crippen MR) is 96.9 cm³/mol. The summed E-state index contributed by atoms with van der Waals surface area (Å²) in [6, 6.07) is 0. The van der Waals surface area contributed by atoms with E-state index >= 15 is 0 Å². The summed E-state index contributed by atoms with van der Waals surface area (Å²) in [5.74, 6) is 1.56. The van der Waals surface area contributed by atoms with Crippen molar-refractivity contribution in [2.24, 2.45) is 11.8 Å². The largest absolute Gasteiger partial charge is 0.378 e. The van der Waals surface area contributed by atoms with Crippen molar-refractivity contribution in [3.8, 4) is 0 Å². The van der Waals surface area contributed by atoms with Crippen molar-refractivity contribution in [1.82, 2.24) is 9.80 Å². The van der Waals surface area contributed by atoms with Gasteiger partial charge in [-0.3, -0.25) is 0 Å². The molecule has 0 aromatic rings. The summed E-state index contributed by atoms with van der Waals surface area (Å²) < 4.78 is 0. The smallest absolute Gasteiger partial charge is 0.0172 e. The summed E-state index contributed by atoms with van der Waals surface area (Å²) in [6.45, 7) is 2.47. The van der Waals surface area contributed by atoms with Crippen molar-refractivity contribution < 1.29 is 0 Å². The van der Waals surface area contributed by atoms with Crippen LogP contribution in [0.5, 0.6) is 0 Å². The van der Waals surface area contributed by atoms with E-state index in [2.05, 4.69) is 48.2 Å². The normalized spacial score (nSPS) is 30.7. The Morgan fingerprint density at radius 1 is 0.783 bits per heavy atom. The lowest BCUT2D eigenvalue weighted by atomic mass is 9.79. The third-order valence-electron chi connectivity index (χ3n) is 6.26. The minimum atomic E-state index is 0.782. The van der Waals surface area contributed by atoms with E-state index in [4.69, 9.17) is 0 Å². The molecule has 2 heteroatoms. The number of rotatable bonds is 2. The van der Waals surface area contributed by atoms with Gasteiger partial charge < -0.3 is 9.80 Å². The zero-order valence-electron chi connectivity index (χ0n) is 14.7. The van der Waals surface area contributed by atoms with Crippen LogP contribution < -0.4 is 0 Å². The van der Waals surface area contributed by atoms with Crippen molar-refractivity contribution in [3.63, 3.8) is 0 Å². The number of likely N-dealkylation sites (tertiary alicyclic amines) is 2. The molecule has 4 rings (SSSR count). The van der Waals surface area contributed by atoms with Crippen molar-refractivity contribution in [2.75, 3.05) is 27.2 Å². The second-order valence-electron chi connectivity index (χ2n) is 7.94. The summed E-state index contributed by atoms with van der Waals surface area (Å²) in [5, 5.41) is 0. The molecule has 2 saturated heterocycles. The molecule has 2 atom stereocenters. The van der Waals surface area contributed by atoms with Crippen LogP contribution in [0, 0.1) is 11.8 Å². The van der Waals surface area contributed by atoms with Crippen molar-refractivity contribution in [2.45, 2.75) is 44.9 Å². The number of fused-ring (bicyclic) bond motifs is 2. The maximum atomic E-state index is 2.47. The molecule has 0 aromatic carbocycles. The first-order valence-electron chi connectivity index (χ1n) is 9.42. The summed E-state index contributed by atoms with van der Waals surface area (Å²) in [5.41, 5.74) is 6.46. The molecule has 2 aliphatic heterocycles. The molecule has 124 valence electrons. The average molecular weight is 310 g/mol. The number of hydrogen-bond acceptors (Lipinski definition) is 2. The van der Waals surface area contributed by atoms with Gasteiger partial charge in [0.15, 0.2) is 0 Å². The fourth-order valence-corrected chi connectivity index (χ4v) is 5.00. The van der Waals surface area contributed by atoms with Gasteiger partial charge in [0.2, 0.25) is 0 Å². The fourth-order valence-electron chi connectivity index (χ4n) is 5.00. The number of nitrogens with zero attached hydrogens (tertiary/aromatic N) is 2. The van der Waals surface area contributed by atoms with E-state index in [-0.39, 0.29) is 0 Å². The van der Waals surface area contributed by atoms with E-state index in [0.29, 0.717) is 0 Å². The van der Waals surface area contributed by atoms with Gasteiger partial charge in [0.05, 0.1) is 0 Å². The number of hydrogen-bond donors (Lipinski definition) is 0. The highest BCUT2D eigenvalue weighted by atomic mass is 15.1. The Balaban J connectivity index is 1.47. The van der Waals surface area contributed by atoms with Crippen molar-refractivity contribution in [3.05, 3.63) is 46.8 Å². The van der Waals surface area contributed by atoms with Crippen LogP contribution in [-0.4, -0.2) is 37.0 Å². The van der Waals surface area contributed by atoms with Gasteiger partial charge in [-0.05, 0) is 57.1 Å². The molecule has 4 aliphatic rings. The molecular weight excluding hydrogens is 280 g/mol. The molecular formula is C21H30N2. The molecule has 0 aromatic heterocycles. The summed E-state index contributed by atoms with van der Waals surface area (Å²) in [7, 11) is 4.51. The van der Waals surface area contributed by atoms with Crippen LogP contribution in [0.25, 0.3) is 0 Å². The minimum Gasteiger partial charge on any atom is -0.378 e. The Kier molecular flexibility index (Phi) is 4.09. The molecule has 0 N–H and O–H groups in total. The topological polar surface area (TPSA) is 6.48 Å². The highest BCUT2D eigenvalue weighted by molar-refractivity contribution is 5.34. The third-order valence-corrected chi connectivity index (χ3v) is 6.26. The summed E-state index contributed by atoms with van der Waals surface area (Å²) >= 11 is 0. The molecule has 2 unspecified atom stereocenters. The van der Waals surface area contributed by atoms with Crippen LogP contribution in [0.1, 0.15) is 44.9 Å². The van der Waals surface area contributed by atoms with Gasteiger partial charge in [0, 0.05) is 50.4 Å². The van der Waals surface area contributed by atoms with Gasteiger partial charge in [-0.25, -0.2) is 0 Å². The monoisotopic (exact) mass is 310 g/mol. The summed E-state index contributed by atoms with van der Waals surface area (Å²) in [4.78, 5) is 4.93. The van der Waals surface area contributed by atoms with Gasteiger partial charge in [0.25, 0.3) is 0 Å². The lowest BCUT2D eigenvalue weighted by Crippen LogP contribution is -2.32. The van der Waals surface area contributed by atoms with E-state index in [1.54, 1.807) is 22.5 Å². The quantitative estimate of drug-likeness (QED) is 0.741. The second-order valence-corrected chi connectivity index (χ2v) is 7.94. The maximum absolute atomic E-state index is 2.47. The van der Waals surface area contributed by atoms with E-state index in [1.165, 1.54) is 58.0 Å². The first-order chi connectivity index (χ1) is 11.2. The zero-order valence-corrected chi connectivity index (χ0v) is 14.7. The maximum Gasteiger partial charge on any atom is 0.0172 e. The van der Waals surface area contributed by atoms with Gasteiger partial charge >= 0.3 is 0 Å². The lowest BCUT2D eigenvalue weighted by molar-refractivity contribution is 0.273. The highest BCUT2D eigenvalue weighted by Crippen LogP contribution is 2.39. The Morgan fingerprint density at radius 3 is 1.74 bits per heavy atom. The lowest BCUT2D eigenvalue weighted by Gasteiger charge is -2.38. The van der Waals surface area contributed by atoms with Crippen molar-refractivity contribution >= 4 is 0 Å². The summed E-state index contributed by atoms with van der Waals surface area (Å²) in [6.07, 6.45) is 18.9. The van der Waals surface area contributed by atoms with E-state index in [0.717, 1.165) is 11.8 Å². The SMILES string of the molecule is CN1CCCC2CC(CC3=CC=C4C(CCCN4C)C3)=CC=C21. The molecule has 2 aliphatic carbocycles. The van der Waals surface area contributed by atoms with Crippen LogP contribution >= 0.6 is 0 Å². The molecule has 0 spiro atoms. The fraction of sp³-hybridized carbons (Fsp3) is 0.619. The molecule has 0 radical (unpaired) electrons. The van der Waals surface area contributed by atoms with Gasteiger partial charge in [-0.1, -0.05) is 23.3 Å². The van der Waals surface area contributed by atoms with E-state index < -0.39 is 0 Å². The van der Waals surface area contributed by atoms with Crippen LogP contribution in [0.15, 0.2) is 46.8 Å². The molecule has 2 nitrogen and oxygen atoms in total. The number of allylic oxidation sites excluding steroid dienone is 8. The van der Waals surface area contributed by atoms with E-state index in [9.17, 15) is 0 Å². The molecule has 2 heterocycles. The Bertz CT molecular complexity index is 541. The average Bonchev–Trinajstić information content (AvgIpc) is 2.55. The van der Waals surface area contributed by atoms with Gasteiger partial charge in [-0.2, -0.15) is 0 Å². The first kappa shape index (κ1) is 15.1. The molecule has 23 heavy (non-hydrogen) atoms. The Hall–Kier alpha value is -1.44. The van der Waals surface area contributed by atoms with Crippen LogP contribution in [0.3, 0.4) is 0 Å². The van der Waals surface area contributed by atoms with Gasteiger partial charge in [0.1, 0.15) is 0 Å². The standard InChI is InChI=1S/C21H30N2/c1-22-11-3-5-18-14-16(7-9-20(18)22)13-17-8-10-21-19(15-17)6-4-12-23(21)2/h7-10,18-19H,3-6,11-15H2,1-2H3. The van der Waals surface area contributed by atoms with Crippen LogP contribution in [0.2, 0.25) is 0 Å². The molecule has 0 amide bonds. The molecule has 0 saturated carbocycles. The van der Waals surface area contributed by atoms with Crippen LogP contribution in [-0.2, 0) is 0 Å². The minimum absolute atomic E-state index is 0.782. The van der Waals surface area contributed by atoms with Gasteiger partial charge in [-0.15, -0.1) is 0 Å². The molecule has 2 fully saturated rings. The molecule has 0 bridgehead atoms. The zero-order chi connectivity index (χ0) is 15.8. The Morgan fingerprint density at radius 2 is 1.26 bits per heavy atom.